The van der Waals surface area contributed by atoms with Gasteiger partial charge in [0.25, 0.3) is 0 Å². The largest absolute Gasteiger partial charge is 0.481 e. The maximum Gasteiger partial charge on any atom is 0.304 e. The standard InChI is InChI=1S/C13H18N2O2S/c1-10-2-3-14-7-11(10)8-15-4-5-18-9-12(15)6-13(16)17/h2-3,7,12H,4-6,8-9H2,1H3,(H,16,17). The van der Waals surface area contributed by atoms with Crippen LogP contribution in [0.4, 0.5) is 0 Å². The zero-order valence-corrected chi connectivity index (χ0v) is 11.3. The lowest BCUT2D eigenvalue weighted by Crippen LogP contribution is -2.43. The van der Waals surface area contributed by atoms with Crippen LogP contribution in [0.2, 0.25) is 0 Å². The van der Waals surface area contributed by atoms with Crippen LogP contribution >= 0.6 is 11.8 Å². The van der Waals surface area contributed by atoms with Gasteiger partial charge in [-0.15, -0.1) is 0 Å². The molecule has 0 radical (unpaired) electrons. The van der Waals surface area contributed by atoms with Crippen molar-refractivity contribution in [2.24, 2.45) is 0 Å². The summed E-state index contributed by atoms with van der Waals surface area (Å²) in [4.78, 5) is 17.3. The smallest absolute Gasteiger partial charge is 0.304 e. The Morgan fingerprint density at radius 3 is 3.22 bits per heavy atom. The van der Waals surface area contributed by atoms with E-state index in [9.17, 15) is 4.79 Å². The van der Waals surface area contributed by atoms with Crippen molar-refractivity contribution in [2.45, 2.75) is 25.9 Å². The van der Waals surface area contributed by atoms with E-state index in [4.69, 9.17) is 5.11 Å². The van der Waals surface area contributed by atoms with E-state index in [1.54, 1.807) is 6.20 Å². The number of rotatable bonds is 4. The molecule has 98 valence electrons. The number of nitrogens with zero attached hydrogens (tertiary/aromatic N) is 2. The highest BCUT2D eigenvalue weighted by molar-refractivity contribution is 7.99. The summed E-state index contributed by atoms with van der Waals surface area (Å²) in [6.07, 6.45) is 3.90. The van der Waals surface area contributed by atoms with E-state index in [2.05, 4.69) is 16.8 Å². The predicted molar refractivity (Wildman–Crippen MR) is 72.7 cm³/mol. The first-order valence-corrected chi connectivity index (χ1v) is 7.25. The van der Waals surface area contributed by atoms with E-state index in [1.165, 1.54) is 11.1 Å². The van der Waals surface area contributed by atoms with Crippen LogP contribution in [0.15, 0.2) is 18.5 Å². The molecule has 1 N–H and O–H groups in total. The second-order valence-corrected chi connectivity index (χ2v) is 5.75. The zero-order chi connectivity index (χ0) is 13.0. The van der Waals surface area contributed by atoms with Crippen molar-refractivity contribution in [3.8, 4) is 0 Å². The van der Waals surface area contributed by atoms with Gasteiger partial charge < -0.3 is 5.11 Å². The topological polar surface area (TPSA) is 53.4 Å². The van der Waals surface area contributed by atoms with Crippen molar-refractivity contribution >= 4 is 17.7 Å². The molecule has 1 fully saturated rings. The van der Waals surface area contributed by atoms with Crippen LogP contribution in [0.3, 0.4) is 0 Å². The summed E-state index contributed by atoms with van der Waals surface area (Å²) in [7, 11) is 0. The number of hydrogen-bond acceptors (Lipinski definition) is 4. The highest BCUT2D eigenvalue weighted by atomic mass is 32.2. The molecule has 2 heterocycles. The minimum absolute atomic E-state index is 0.140. The van der Waals surface area contributed by atoms with Gasteiger partial charge in [-0.2, -0.15) is 11.8 Å². The first kappa shape index (κ1) is 13.4. The van der Waals surface area contributed by atoms with Gasteiger partial charge in [0.1, 0.15) is 0 Å². The molecule has 1 aromatic rings. The lowest BCUT2D eigenvalue weighted by molar-refractivity contribution is -0.138. The molecule has 5 heteroatoms. The summed E-state index contributed by atoms with van der Waals surface area (Å²) in [5.41, 5.74) is 2.41. The van der Waals surface area contributed by atoms with Gasteiger partial charge in [0.15, 0.2) is 0 Å². The number of aryl methyl sites for hydroxylation is 1. The fraction of sp³-hybridized carbons (Fsp3) is 0.538. The molecule has 4 nitrogen and oxygen atoms in total. The van der Waals surface area contributed by atoms with Crippen LogP contribution in [0, 0.1) is 6.92 Å². The molecule has 0 bridgehead atoms. The molecule has 18 heavy (non-hydrogen) atoms. The third-order valence-electron chi connectivity index (χ3n) is 3.28. The fourth-order valence-corrected chi connectivity index (χ4v) is 3.30. The van der Waals surface area contributed by atoms with Crippen LogP contribution in [0.5, 0.6) is 0 Å². The molecule has 1 unspecified atom stereocenters. The van der Waals surface area contributed by atoms with E-state index in [0.717, 1.165) is 24.6 Å². The molecular weight excluding hydrogens is 248 g/mol. The Morgan fingerprint density at radius 1 is 1.67 bits per heavy atom. The monoisotopic (exact) mass is 266 g/mol. The summed E-state index contributed by atoms with van der Waals surface area (Å²) < 4.78 is 0. The molecular formula is C13H18N2O2S. The van der Waals surface area contributed by atoms with E-state index in [0.29, 0.717) is 0 Å². The number of carbonyl (C=O) groups is 1. The van der Waals surface area contributed by atoms with Gasteiger partial charge in [0.2, 0.25) is 0 Å². The number of aliphatic carboxylic acids is 1. The summed E-state index contributed by atoms with van der Waals surface area (Å²) >= 11 is 1.84. The number of carboxylic acid groups (broad SMARTS) is 1. The second kappa shape index (κ2) is 6.20. The summed E-state index contributed by atoms with van der Waals surface area (Å²) in [6.45, 7) is 3.83. The van der Waals surface area contributed by atoms with Gasteiger partial charge in [0.05, 0.1) is 6.42 Å². The molecule has 1 saturated heterocycles. The van der Waals surface area contributed by atoms with Crippen LogP contribution < -0.4 is 0 Å². The Balaban J connectivity index is 2.05. The van der Waals surface area contributed by atoms with Crippen molar-refractivity contribution in [1.82, 2.24) is 9.88 Å². The van der Waals surface area contributed by atoms with Crippen molar-refractivity contribution in [1.29, 1.82) is 0 Å². The Kier molecular flexibility index (Phi) is 4.60. The molecule has 1 atom stereocenters. The molecule has 1 aliphatic heterocycles. The van der Waals surface area contributed by atoms with Crippen LogP contribution in [-0.4, -0.2) is 45.1 Å². The van der Waals surface area contributed by atoms with E-state index >= 15 is 0 Å². The number of aromatic nitrogens is 1. The van der Waals surface area contributed by atoms with Gasteiger partial charge in [-0.1, -0.05) is 0 Å². The maximum absolute atomic E-state index is 10.9. The normalized spacial score (nSPS) is 20.8. The molecule has 0 aliphatic carbocycles. The second-order valence-electron chi connectivity index (χ2n) is 4.60. The van der Waals surface area contributed by atoms with E-state index < -0.39 is 5.97 Å². The molecule has 0 amide bonds. The third-order valence-corrected chi connectivity index (χ3v) is 4.37. The first-order chi connectivity index (χ1) is 8.66. The van der Waals surface area contributed by atoms with Gasteiger partial charge in [0, 0.05) is 43.0 Å². The Morgan fingerprint density at radius 2 is 2.50 bits per heavy atom. The van der Waals surface area contributed by atoms with Crippen LogP contribution in [-0.2, 0) is 11.3 Å². The number of pyridine rings is 1. The molecule has 1 aromatic heterocycles. The minimum Gasteiger partial charge on any atom is -0.481 e. The average Bonchev–Trinajstić information content (AvgIpc) is 2.34. The first-order valence-electron chi connectivity index (χ1n) is 6.10. The van der Waals surface area contributed by atoms with Gasteiger partial charge in [-0.25, -0.2) is 0 Å². The van der Waals surface area contributed by atoms with Crippen molar-refractivity contribution in [3.63, 3.8) is 0 Å². The minimum atomic E-state index is -0.713. The number of thioether (sulfide) groups is 1. The molecule has 0 aromatic carbocycles. The lowest BCUT2D eigenvalue weighted by atomic mass is 10.1. The highest BCUT2D eigenvalue weighted by Crippen LogP contribution is 2.21. The Hall–Kier alpha value is -1.07. The average molecular weight is 266 g/mol. The van der Waals surface area contributed by atoms with Gasteiger partial charge >= 0.3 is 5.97 Å². The lowest BCUT2D eigenvalue weighted by Gasteiger charge is -2.34. The summed E-state index contributed by atoms with van der Waals surface area (Å²) in [5, 5.41) is 8.96. The van der Waals surface area contributed by atoms with Crippen molar-refractivity contribution in [3.05, 3.63) is 29.6 Å². The zero-order valence-electron chi connectivity index (χ0n) is 10.5. The molecule has 0 spiro atoms. The quantitative estimate of drug-likeness (QED) is 0.900. The van der Waals surface area contributed by atoms with Crippen LogP contribution in [0.1, 0.15) is 17.5 Å². The SMILES string of the molecule is Cc1ccncc1CN1CCSCC1CC(=O)O. The Bertz CT molecular complexity index is 425. The van der Waals surface area contributed by atoms with E-state index in [1.807, 2.05) is 24.0 Å². The third kappa shape index (κ3) is 3.46. The molecule has 2 rings (SSSR count). The van der Waals surface area contributed by atoms with Crippen molar-refractivity contribution in [2.75, 3.05) is 18.1 Å². The number of hydrogen-bond donors (Lipinski definition) is 1. The summed E-state index contributed by atoms with van der Waals surface area (Å²) in [6, 6.07) is 2.14. The molecule has 1 aliphatic rings. The Labute approximate surface area is 111 Å². The van der Waals surface area contributed by atoms with Crippen molar-refractivity contribution < 1.29 is 9.90 Å². The van der Waals surface area contributed by atoms with Gasteiger partial charge in [-0.05, 0) is 24.1 Å². The summed E-state index contributed by atoms with van der Waals surface area (Å²) in [5.74, 6) is 1.27. The maximum atomic E-state index is 10.9. The number of carboxylic acids is 1. The fourth-order valence-electron chi connectivity index (χ4n) is 2.17. The predicted octanol–water partition coefficient (Wildman–Crippen LogP) is 1.78. The highest BCUT2D eigenvalue weighted by Gasteiger charge is 2.25. The van der Waals surface area contributed by atoms with Gasteiger partial charge in [-0.3, -0.25) is 14.7 Å². The van der Waals surface area contributed by atoms with Crippen LogP contribution in [0.25, 0.3) is 0 Å². The molecule has 0 saturated carbocycles. The van der Waals surface area contributed by atoms with E-state index in [-0.39, 0.29) is 12.5 Å².